The topological polar surface area (TPSA) is 43.1 Å². The molecule has 2 aliphatic carbocycles. The Morgan fingerprint density at radius 3 is 2.87 bits per heavy atom. The molecule has 0 aliphatic heterocycles. The predicted octanol–water partition coefficient (Wildman–Crippen LogP) is 2.01. The summed E-state index contributed by atoms with van der Waals surface area (Å²) in [5.41, 5.74) is 9.21. The molecule has 2 heteroatoms. The van der Waals surface area contributed by atoms with Crippen LogP contribution in [0.2, 0.25) is 0 Å². The Morgan fingerprint density at radius 1 is 1.53 bits per heavy atom. The number of fused-ring (bicyclic) bond motifs is 2. The first-order valence-electron chi connectivity index (χ1n) is 5.57. The highest BCUT2D eigenvalue weighted by atomic mass is 16.1. The van der Waals surface area contributed by atoms with Crippen LogP contribution < -0.4 is 5.73 Å². The summed E-state index contributed by atoms with van der Waals surface area (Å²) in [4.78, 5) is 11.1. The molecule has 2 aliphatic rings. The molecular weight excluding hydrogens is 186 g/mol. The summed E-state index contributed by atoms with van der Waals surface area (Å²) in [5, 5.41) is 0. The number of aryl methyl sites for hydroxylation is 1. The van der Waals surface area contributed by atoms with E-state index in [1.807, 2.05) is 12.1 Å². The van der Waals surface area contributed by atoms with E-state index in [4.69, 9.17) is 5.73 Å². The first kappa shape index (κ1) is 8.96. The monoisotopic (exact) mass is 201 g/mol. The highest BCUT2D eigenvalue weighted by Gasteiger charge is 2.55. The van der Waals surface area contributed by atoms with Gasteiger partial charge in [0.1, 0.15) is 0 Å². The molecule has 15 heavy (non-hydrogen) atoms. The number of hydrogen-bond donors (Lipinski definition) is 1. The minimum atomic E-state index is -0.317. The van der Waals surface area contributed by atoms with Crippen LogP contribution in [0.1, 0.15) is 41.3 Å². The second-order valence-electron chi connectivity index (χ2n) is 5.00. The van der Waals surface area contributed by atoms with E-state index in [9.17, 15) is 4.79 Å². The predicted molar refractivity (Wildman–Crippen MR) is 58.7 cm³/mol. The van der Waals surface area contributed by atoms with Gasteiger partial charge in [-0.2, -0.15) is 0 Å². The fourth-order valence-electron chi connectivity index (χ4n) is 3.14. The molecule has 78 valence electrons. The van der Waals surface area contributed by atoms with Gasteiger partial charge in [0.25, 0.3) is 0 Å². The van der Waals surface area contributed by atoms with Gasteiger partial charge in [-0.05, 0) is 53.9 Å². The zero-order valence-electron chi connectivity index (χ0n) is 8.92. The van der Waals surface area contributed by atoms with Crippen LogP contribution in [0, 0.1) is 5.92 Å². The van der Waals surface area contributed by atoms with Crippen molar-refractivity contribution in [2.45, 2.75) is 31.6 Å². The first-order valence-corrected chi connectivity index (χ1v) is 5.57. The van der Waals surface area contributed by atoms with Gasteiger partial charge in [0.15, 0.2) is 0 Å². The Labute approximate surface area is 89.5 Å². The van der Waals surface area contributed by atoms with Crippen molar-refractivity contribution in [3.63, 3.8) is 0 Å². The molecule has 2 nitrogen and oxygen atoms in total. The number of carbonyl (C=O) groups excluding carboxylic acids is 1. The van der Waals surface area contributed by atoms with Crippen LogP contribution in [0.15, 0.2) is 18.2 Å². The molecule has 3 rings (SSSR count). The van der Waals surface area contributed by atoms with Gasteiger partial charge in [0.05, 0.1) is 0 Å². The summed E-state index contributed by atoms with van der Waals surface area (Å²) in [7, 11) is 0. The second-order valence-corrected chi connectivity index (χ2v) is 5.00. The summed E-state index contributed by atoms with van der Waals surface area (Å²) in [6.07, 6.45) is 3.68. The van der Waals surface area contributed by atoms with Gasteiger partial charge >= 0.3 is 0 Å². The number of carbonyl (C=O) groups is 1. The molecule has 2 N–H and O–H groups in total. The quantitative estimate of drug-likeness (QED) is 0.742. The van der Waals surface area contributed by atoms with Crippen LogP contribution in [-0.2, 0) is 11.8 Å². The van der Waals surface area contributed by atoms with Crippen LogP contribution >= 0.6 is 0 Å². The molecule has 2 atom stereocenters. The molecular formula is C13H15NO. The van der Waals surface area contributed by atoms with E-state index in [1.54, 1.807) is 0 Å². The van der Waals surface area contributed by atoms with E-state index < -0.39 is 0 Å². The fourth-order valence-corrected chi connectivity index (χ4v) is 3.14. The summed E-state index contributed by atoms with van der Waals surface area (Å²) in [6, 6.07) is 5.97. The average Bonchev–Trinajstić information content (AvgIpc) is 2.70. The minimum Gasteiger partial charge on any atom is -0.366 e. The maximum Gasteiger partial charge on any atom is 0.248 e. The van der Waals surface area contributed by atoms with Gasteiger partial charge < -0.3 is 5.73 Å². The largest absolute Gasteiger partial charge is 0.366 e. The van der Waals surface area contributed by atoms with Crippen molar-refractivity contribution in [2.75, 3.05) is 0 Å². The SMILES string of the molecule is CC1CC12CCc1cc(C(N)=O)ccc12. The molecule has 2 unspecified atom stereocenters. The molecule has 1 aromatic carbocycles. The number of hydrogen-bond acceptors (Lipinski definition) is 1. The third kappa shape index (κ3) is 1.08. The van der Waals surface area contributed by atoms with Crippen molar-refractivity contribution in [3.8, 4) is 0 Å². The van der Waals surface area contributed by atoms with Gasteiger partial charge in [-0.3, -0.25) is 4.79 Å². The van der Waals surface area contributed by atoms with Crippen molar-refractivity contribution < 1.29 is 4.79 Å². The van der Waals surface area contributed by atoms with Crippen molar-refractivity contribution in [1.82, 2.24) is 0 Å². The number of primary amides is 1. The van der Waals surface area contributed by atoms with E-state index in [1.165, 1.54) is 24.0 Å². The lowest BCUT2D eigenvalue weighted by atomic mass is 9.95. The number of rotatable bonds is 1. The molecule has 1 fully saturated rings. The normalized spacial score (nSPS) is 31.7. The third-order valence-corrected chi connectivity index (χ3v) is 4.22. The maximum atomic E-state index is 11.1. The fraction of sp³-hybridized carbons (Fsp3) is 0.462. The molecule has 0 bridgehead atoms. The molecule has 1 amide bonds. The molecule has 1 aromatic rings. The van der Waals surface area contributed by atoms with Gasteiger partial charge in [-0.15, -0.1) is 0 Å². The molecule has 0 aromatic heterocycles. The van der Waals surface area contributed by atoms with Crippen LogP contribution in [0.4, 0.5) is 0 Å². The van der Waals surface area contributed by atoms with Crippen LogP contribution in [-0.4, -0.2) is 5.91 Å². The van der Waals surface area contributed by atoms with Crippen molar-refractivity contribution in [2.24, 2.45) is 11.7 Å². The van der Waals surface area contributed by atoms with Gasteiger partial charge in [-0.25, -0.2) is 0 Å². The number of benzene rings is 1. The van der Waals surface area contributed by atoms with Crippen molar-refractivity contribution in [1.29, 1.82) is 0 Å². The van der Waals surface area contributed by atoms with Gasteiger partial charge in [-0.1, -0.05) is 13.0 Å². The van der Waals surface area contributed by atoms with Crippen LogP contribution in [0.3, 0.4) is 0 Å². The lowest BCUT2D eigenvalue weighted by molar-refractivity contribution is 0.1000. The zero-order chi connectivity index (χ0) is 10.6. The van der Waals surface area contributed by atoms with Gasteiger partial charge in [0, 0.05) is 5.56 Å². The van der Waals surface area contributed by atoms with Crippen molar-refractivity contribution >= 4 is 5.91 Å². The lowest BCUT2D eigenvalue weighted by Crippen LogP contribution is -2.11. The third-order valence-electron chi connectivity index (χ3n) is 4.22. The summed E-state index contributed by atoms with van der Waals surface area (Å²) >= 11 is 0. The highest BCUT2D eigenvalue weighted by Crippen LogP contribution is 2.61. The first-order chi connectivity index (χ1) is 7.13. The minimum absolute atomic E-state index is 0.317. The molecule has 0 saturated heterocycles. The van der Waals surface area contributed by atoms with Gasteiger partial charge in [0.2, 0.25) is 5.91 Å². The Bertz CT molecular complexity index is 452. The Hall–Kier alpha value is -1.31. The number of nitrogens with two attached hydrogens (primary N) is 1. The number of amides is 1. The van der Waals surface area contributed by atoms with E-state index >= 15 is 0 Å². The molecule has 1 spiro atoms. The van der Waals surface area contributed by atoms with Crippen LogP contribution in [0.5, 0.6) is 0 Å². The maximum absolute atomic E-state index is 11.1. The van der Waals surface area contributed by atoms with E-state index in [-0.39, 0.29) is 5.91 Å². The Kier molecular flexibility index (Phi) is 1.57. The summed E-state index contributed by atoms with van der Waals surface area (Å²) in [5.74, 6) is 0.501. The summed E-state index contributed by atoms with van der Waals surface area (Å²) in [6.45, 7) is 2.32. The average molecular weight is 201 g/mol. The van der Waals surface area contributed by atoms with Crippen molar-refractivity contribution in [3.05, 3.63) is 34.9 Å². The second kappa shape index (κ2) is 2.63. The highest BCUT2D eigenvalue weighted by molar-refractivity contribution is 5.93. The Morgan fingerprint density at radius 2 is 2.27 bits per heavy atom. The van der Waals surface area contributed by atoms with E-state index in [2.05, 4.69) is 13.0 Å². The Balaban J connectivity index is 2.07. The van der Waals surface area contributed by atoms with Crippen LogP contribution in [0.25, 0.3) is 0 Å². The molecule has 0 heterocycles. The lowest BCUT2D eigenvalue weighted by Gasteiger charge is -2.09. The molecule has 1 saturated carbocycles. The smallest absolute Gasteiger partial charge is 0.248 e. The summed E-state index contributed by atoms with van der Waals surface area (Å²) < 4.78 is 0. The van der Waals surface area contributed by atoms with E-state index in [0.29, 0.717) is 11.0 Å². The standard InChI is InChI=1S/C13H15NO/c1-8-7-13(8)5-4-9-6-10(12(14)15)2-3-11(9)13/h2-3,6,8H,4-5,7H2,1H3,(H2,14,15). The molecule has 0 radical (unpaired) electrons. The van der Waals surface area contributed by atoms with E-state index in [0.717, 1.165) is 12.3 Å². The zero-order valence-corrected chi connectivity index (χ0v) is 8.92.